The molecule has 1 aromatic rings. The fourth-order valence-corrected chi connectivity index (χ4v) is 1.71. The first kappa shape index (κ1) is 14.7. The quantitative estimate of drug-likeness (QED) is 0.777. The van der Waals surface area contributed by atoms with Crippen molar-refractivity contribution in [3.8, 4) is 0 Å². The minimum absolute atomic E-state index is 0.0443. The highest BCUT2D eigenvalue weighted by molar-refractivity contribution is 5.78. The Labute approximate surface area is 109 Å². The van der Waals surface area contributed by atoms with E-state index in [4.69, 9.17) is 5.11 Å². The van der Waals surface area contributed by atoms with Gasteiger partial charge in [-0.05, 0) is 30.9 Å². The first-order chi connectivity index (χ1) is 8.61. The molecule has 0 unspecified atom stereocenters. The standard InChI is InChI=1S/C15H23NO2/c1-3-4-5-13-6-8-14(9-7-13)10-15(18)16-11-12(2)17/h6-9,12,17H,3-5,10-11H2,1-2H3,(H,16,18)/t12-/m1/s1. The van der Waals surface area contributed by atoms with E-state index in [2.05, 4.69) is 24.4 Å². The topological polar surface area (TPSA) is 49.3 Å². The molecule has 0 radical (unpaired) electrons. The van der Waals surface area contributed by atoms with Crippen molar-refractivity contribution in [1.29, 1.82) is 0 Å². The van der Waals surface area contributed by atoms with Crippen molar-refractivity contribution in [2.24, 2.45) is 0 Å². The molecule has 3 heteroatoms. The van der Waals surface area contributed by atoms with Crippen molar-refractivity contribution >= 4 is 5.91 Å². The molecule has 1 aromatic carbocycles. The smallest absolute Gasteiger partial charge is 0.224 e. The summed E-state index contributed by atoms with van der Waals surface area (Å²) in [5.41, 5.74) is 2.34. The number of aliphatic hydroxyl groups excluding tert-OH is 1. The molecule has 0 heterocycles. The first-order valence-electron chi connectivity index (χ1n) is 6.64. The van der Waals surface area contributed by atoms with E-state index in [1.54, 1.807) is 6.92 Å². The van der Waals surface area contributed by atoms with Gasteiger partial charge < -0.3 is 10.4 Å². The summed E-state index contributed by atoms with van der Waals surface area (Å²) in [5, 5.41) is 11.8. The summed E-state index contributed by atoms with van der Waals surface area (Å²) in [6, 6.07) is 8.19. The lowest BCUT2D eigenvalue weighted by Crippen LogP contribution is -2.31. The zero-order valence-electron chi connectivity index (χ0n) is 11.3. The summed E-state index contributed by atoms with van der Waals surface area (Å²) in [7, 11) is 0. The zero-order chi connectivity index (χ0) is 13.4. The van der Waals surface area contributed by atoms with E-state index in [9.17, 15) is 4.79 Å². The highest BCUT2D eigenvalue weighted by Gasteiger charge is 2.04. The molecule has 0 spiro atoms. The number of aliphatic hydroxyl groups is 1. The fraction of sp³-hybridized carbons (Fsp3) is 0.533. The van der Waals surface area contributed by atoms with Crippen LogP contribution in [-0.2, 0) is 17.6 Å². The second-order valence-electron chi connectivity index (χ2n) is 4.75. The highest BCUT2D eigenvalue weighted by Crippen LogP contribution is 2.08. The molecule has 0 bridgehead atoms. The van der Waals surface area contributed by atoms with Crippen LogP contribution >= 0.6 is 0 Å². The summed E-state index contributed by atoms with van der Waals surface area (Å²) < 4.78 is 0. The van der Waals surface area contributed by atoms with Gasteiger partial charge in [0.1, 0.15) is 0 Å². The lowest BCUT2D eigenvalue weighted by atomic mass is 10.0. The van der Waals surface area contributed by atoms with Crippen LogP contribution in [-0.4, -0.2) is 23.7 Å². The highest BCUT2D eigenvalue weighted by atomic mass is 16.3. The van der Waals surface area contributed by atoms with Crippen molar-refractivity contribution < 1.29 is 9.90 Å². The van der Waals surface area contributed by atoms with Crippen LogP contribution in [0.4, 0.5) is 0 Å². The number of unbranched alkanes of at least 4 members (excludes halogenated alkanes) is 1. The van der Waals surface area contributed by atoms with Gasteiger partial charge in [-0.25, -0.2) is 0 Å². The molecule has 0 aliphatic rings. The molecule has 1 amide bonds. The molecule has 3 nitrogen and oxygen atoms in total. The maximum Gasteiger partial charge on any atom is 0.224 e. The van der Waals surface area contributed by atoms with Gasteiger partial charge in [0, 0.05) is 6.54 Å². The van der Waals surface area contributed by atoms with Crippen LogP contribution < -0.4 is 5.32 Å². The number of hydrogen-bond acceptors (Lipinski definition) is 2. The summed E-state index contributed by atoms with van der Waals surface area (Å²) in [6.07, 6.45) is 3.38. The third-order valence-electron chi connectivity index (χ3n) is 2.80. The lowest BCUT2D eigenvalue weighted by Gasteiger charge is -2.07. The van der Waals surface area contributed by atoms with Crippen LogP contribution in [0.5, 0.6) is 0 Å². The Hall–Kier alpha value is -1.35. The fourth-order valence-electron chi connectivity index (χ4n) is 1.71. The van der Waals surface area contributed by atoms with E-state index < -0.39 is 6.10 Å². The van der Waals surface area contributed by atoms with Crippen molar-refractivity contribution in [2.45, 2.75) is 45.6 Å². The van der Waals surface area contributed by atoms with Gasteiger partial charge in [-0.1, -0.05) is 37.6 Å². The molecular weight excluding hydrogens is 226 g/mol. The minimum atomic E-state index is -0.495. The van der Waals surface area contributed by atoms with Crippen molar-refractivity contribution in [3.63, 3.8) is 0 Å². The Bertz CT molecular complexity index is 357. The van der Waals surface area contributed by atoms with E-state index in [-0.39, 0.29) is 5.91 Å². The van der Waals surface area contributed by atoms with Crippen LogP contribution in [0.15, 0.2) is 24.3 Å². The second-order valence-corrected chi connectivity index (χ2v) is 4.75. The lowest BCUT2D eigenvalue weighted by molar-refractivity contribution is -0.120. The maximum atomic E-state index is 11.6. The normalized spacial score (nSPS) is 12.2. The summed E-state index contributed by atoms with van der Waals surface area (Å²) in [4.78, 5) is 11.6. The van der Waals surface area contributed by atoms with Crippen molar-refractivity contribution in [3.05, 3.63) is 35.4 Å². The largest absolute Gasteiger partial charge is 0.392 e. The average Bonchev–Trinajstić information content (AvgIpc) is 2.35. The number of rotatable bonds is 7. The zero-order valence-corrected chi connectivity index (χ0v) is 11.3. The molecule has 0 aromatic heterocycles. The van der Waals surface area contributed by atoms with Crippen LogP contribution in [0.3, 0.4) is 0 Å². The van der Waals surface area contributed by atoms with Crippen LogP contribution in [0.2, 0.25) is 0 Å². The Morgan fingerprint density at radius 3 is 2.44 bits per heavy atom. The molecule has 1 rings (SSSR count). The number of aryl methyl sites for hydroxylation is 1. The molecule has 0 aliphatic carbocycles. The molecule has 0 fully saturated rings. The van der Waals surface area contributed by atoms with Gasteiger partial charge in [0.05, 0.1) is 12.5 Å². The van der Waals surface area contributed by atoms with Gasteiger partial charge in [0.2, 0.25) is 5.91 Å². The van der Waals surface area contributed by atoms with Gasteiger partial charge in [-0.3, -0.25) is 4.79 Å². The van der Waals surface area contributed by atoms with Crippen molar-refractivity contribution in [2.75, 3.05) is 6.54 Å². The van der Waals surface area contributed by atoms with Gasteiger partial charge in [0.15, 0.2) is 0 Å². The van der Waals surface area contributed by atoms with Gasteiger partial charge in [0.25, 0.3) is 0 Å². The Balaban J connectivity index is 2.40. The summed E-state index contributed by atoms with van der Waals surface area (Å²) >= 11 is 0. The van der Waals surface area contributed by atoms with E-state index >= 15 is 0 Å². The third kappa shape index (κ3) is 5.82. The Kier molecular flexibility index (Phi) is 6.44. The molecule has 18 heavy (non-hydrogen) atoms. The number of amides is 1. The van der Waals surface area contributed by atoms with E-state index in [1.807, 2.05) is 12.1 Å². The third-order valence-corrected chi connectivity index (χ3v) is 2.80. The van der Waals surface area contributed by atoms with Crippen molar-refractivity contribution in [1.82, 2.24) is 5.32 Å². The van der Waals surface area contributed by atoms with E-state index in [0.717, 1.165) is 12.0 Å². The maximum absolute atomic E-state index is 11.6. The molecule has 0 aliphatic heterocycles. The second kappa shape index (κ2) is 7.88. The number of carbonyl (C=O) groups excluding carboxylic acids is 1. The first-order valence-corrected chi connectivity index (χ1v) is 6.64. The number of benzene rings is 1. The van der Waals surface area contributed by atoms with Gasteiger partial charge in [-0.2, -0.15) is 0 Å². The van der Waals surface area contributed by atoms with Gasteiger partial charge in [-0.15, -0.1) is 0 Å². The molecule has 2 N–H and O–H groups in total. The predicted octanol–water partition coefficient (Wildman–Crippen LogP) is 2.07. The monoisotopic (exact) mass is 249 g/mol. The molecule has 1 atom stereocenters. The van der Waals surface area contributed by atoms with E-state index in [0.29, 0.717) is 13.0 Å². The van der Waals surface area contributed by atoms with Gasteiger partial charge >= 0.3 is 0 Å². The molecular formula is C15H23NO2. The number of nitrogens with one attached hydrogen (secondary N) is 1. The predicted molar refractivity (Wildman–Crippen MR) is 73.4 cm³/mol. The minimum Gasteiger partial charge on any atom is -0.392 e. The number of carbonyl (C=O) groups is 1. The summed E-state index contributed by atoms with van der Waals surface area (Å²) in [5.74, 6) is -0.0443. The molecule has 0 saturated heterocycles. The van der Waals surface area contributed by atoms with Crippen LogP contribution in [0.1, 0.15) is 37.8 Å². The van der Waals surface area contributed by atoms with E-state index in [1.165, 1.54) is 18.4 Å². The Morgan fingerprint density at radius 1 is 1.28 bits per heavy atom. The Morgan fingerprint density at radius 2 is 1.89 bits per heavy atom. The van der Waals surface area contributed by atoms with Crippen LogP contribution in [0.25, 0.3) is 0 Å². The SMILES string of the molecule is CCCCc1ccc(CC(=O)NC[C@@H](C)O)cc1. The average molecular weight is 249 g/mol. The summed E-state index contributed by atoms with van der Waals surface area (Å²) in [6.45, 7) is 4.15. The van der Waals surface area contributed by atoms with Crippen LogP contribution in [0, 0.1) is 0 Å². The molecule has 100 valence electrons. The number of hydrogen-bond donors (Lipinski definition) is 2. The molecule has 0 saturated carbocycles.